The molecule has 2 N–H and O–H groups in total. The van der Waals surface area contributed by atoms with Crippen molar-refractivity contribution in [1.82, 2.24) is 19.8 Å². The summed E-state index contributed by atoms with van der Waals surface area (Å²) < 4.78 is 40.7. The SMILES string of the molecule is Cc1[nH]ncc1S(=O)(=O)N1CCNCC1c1cccc(F)c1. The predicted molar refractivity (Wildman–Crippen MR) is 79.2 cm³/mol. The Kier molecular flexibility index (Phi) is 3.98. The van der Waals surface area contributed by atoms with Crippen LogP contribution >= 0.6 is 0 Å². The van der Waals surface area contributed by atoms with Crippen molar-refractivity contribution in [2.75, 3.05) is 19.6 Å². The molecular weight excluding hydrogens is 307 g/mol. The summed E-state index contributed by atoms with van der Waals surface area (Å²) in [4.78, 5) is 0.163. The molecule has 0 saturated carbocycles. The number of halogens is 1. The van der Waals surface area contributed by atoms with Crippen LogP contribution in [0.25, 0.3) is 0 Å². The molecule has 0 bridgehead atoms. The average Bonchev–Trinajstić information content (AvgIpc) is 2.94. The highest BCUT2D eigenvalue weighted by Crippen LogP contribution is 2.29. The van der Waals surface area contributed by atoms with Gasteiger partial charge in [-0.05, 0) is 24.6 Å². The molecule has 22 heavy (non-hydrogen) atoms. The van der Waals surface area contributed by atoms with Crippen molar-refractivity contribution < 1.29 is 12.8 Å². The van der Waals surface area contributed by atoms with E-state index in [4.69, 9.17) is 0 Å². The highest BCUT2D eigenvalue weighted by molar-refractivity contribution is 7.89. The van der Waals surface area contributed by atoms with Crippen molar-refractivity contribution in [3.05, 3.63) is 47.5 Å². The summed E-state index contributed by atoms with van der Waals surface area (Å²) in [5.41, 5.74) is 1.13. The van der Waals surface area contributed by atoms with Crippen molar-refractivity contribution in [3.8, 4) is 0 Å². The first-order valence-electron chi connectivity index (χ1n) is 6.98. The van der Waals surface area contributed by atoms with Crippen LogP contribution < -0.4 is 5.32 Å². The van der Waals surface area contributed by atoms with E-state index in [0.717, 1.165) is 0 Å². The summed E-state index contributed by atoms with van der Waals surface area (Å²) in [6, 6.07) is 5.61. The third kappa shape index (κ3) is 2.65. The van der Waals surface area contributed by atoms with Crippen molar-refractivity contribution in [2.45, 2.75) is 17.9 Å². The van der Waals surface area contributed by atoms with E-state index in [-0.39, 0.29) is 10.7 Å². The van der Waals surface area contributed by atoms with Gasteiger partial charge in [-0.25, -0.2) is 12.8 Å². The fourth-order valence-corrected chi connectivity index (χ4v) is 4.43. The first-order valence-corrected chi connectivity index (χ1v) is 8.42. The zero-order chi connectivity index (χ0) is 15.7. The fraction of sp³-hybridized carbons (Fsp3) is 0.357. The maximum absolute atomic E-state index is 13.5. The van der Waals surface area contributed by atoms with Gasteiger partial charge >= 0.3 is 0 Å². The summed E-state index contributed by atoms with van der Waals surface area (Å²) in [6.45, 7) is 2.99. The van der Waals surface area contributed by atoms with E-state index in [2.05, 4.69) is 15.5 Å². The van der Waals surface area contributed by atoms with Gasteiger partial charge in [0, 0.05) is 19.6 Å². The summed E-state index contributed by atoms with van der Waals surface area (Å²) in [5, 5.41) is 9.60. The minimum atomic E-state index is -3.68. The number of aromatic nitrogens is 2. The first-order chi connectivity index (χ1) is 10.5. The molecule has 0 radical (unpaired) electrons. The normalized spacial score (nSPS) is 20.2. The maximum Gasteiger partial charge on any atom is 0.247 e. The third-order valence-corrected chi connectivity index (χ3v) is 5.82. The summed E-state index contributed by atoms with van der Waals surface area (Å²) in [7, 11) is -3.68. The Morgan fingerprint density at radius 1 is 1.41 bits per heavy atom. The summed E-state index contributed by atoms with van der Waals surface area (Å²) >= 11 is 0. The molecule has 1 fully saturated rings. The monoisotopic (exact) mass is 324 g/mol. The molecular formula is C14H17FN4O2S. The number of piperazine rings is 1. The van der Waals surface area contributed by atoms with Crippen LogP contribution in [0.2, 0.25) is 0 Å². The molecule has 0 aliphatic carbocycles. The Hall–Kier alpha value is -1.77. The zero-order valence-electron chi connectivity index (χ0n) is 12.1. The number of aromatic amines is 1. The van der Waals surface area contributed by atoms with Gasteiger partial charge in [-0.2, -0.15) is 9.40 Å². The topological polar surface area (TPSA) is 78.1 Å². The Bertz CT molecular complexity index is 775. The molecule has 1 aromatic carbocycles. The number of rotatable bonds is 3. The van der Waals surface area contributed by atoms with Crippen LogP contribution in [0.15, 0.2) is 35.4 Å². The van der Waals surface area contributed by atoms with Crippen molar-refractivity contribution in [3.63, 3.8) is 0 Å². The Balaban J connectivity index is 2.02. The maximum atomic E-state index is 13.5. The molecule has 2 aromatic rings. The Morgan fingerprint density at radius 2 is 2.23 bits per heavy atom. The predicted octanol–water partition coefficient (Wildman–Crippen LogP) is 1.19. The van der Waals surface area contributed by atoms with E-state index < -0.39 is 16.1 Å². The number of sulfonamides is 1. The minimum Gasteiger partial charge on any atom is -0.313 e. The first kappa shape index (κ1) is 15.1. The van der Waals surface area contributed by atoms with Crippen LogP contribution in [0.3, 0.4) is 0 Å². The fourth-order valence-electron chi connectivity index (χ4n) is 2.70. The molecule has 1 saturated heterocycles. The molecule has 118 valence electrons. The lowest BCUT2D eigenvalue weighted by molar-refractivity contribution is 0.271. The largest absolute Gasteiger partial charge is 0.313 e. The molecule has 1 unspecified atom stereocenters. The van der Waals surface area contributed by atoms with E-state index in [9.17, 15) is 12.8 Å². The highest BCUT2D eigenvalue weighted by atomic mass is 32.2. The molecule has 1 aliphatic rings. The van der Waals surface area contributed by atoms with Crippen LogP contribution in [0.1, 0.15) is 17.3 Å². The van der Waals surface area contributed by atoms with Gasteiger partial charge in [0.05, 0.1) is 17.9 Å². The minimum absolute atomic E-state index is 0.163. The van der Waals surface area contributed by atoms with Gasteiger partial charge in [0.25, 0.3) is 0 Å². The number of hydrogen-bond donors (Lipinski definition) is 2. The molecule has 3 rings (SSSR count). The van der Waals surface area contributed by atoms with E-state index in [1.165, 1.54) is 22.6 Å². The summed E-state index contributed by atoms with van der Waals surface area (Å²) in [6.07, 6.45) is 1.31. The van der Waals surface area contributed by atoms with Gasteiger partial charge < -0.3 is 5.32 Å². The number of aryl methyl sites for hydroxylation is 1. The van der Waals surface area contributed by atoms with Gasteiger partial charge in [-0.3, -0.25) is 5.10 Å². The lowest BCUT2D eigenvalue weighted by atomic mass is 10.1. The lowest BCUT2D eigenvalue weighted by Gasteiger charge is -2.35. The molecule has 1 aromatic heterocycles. The molecule has 6 nitrogen and oxygen atoms in total. The van der Waals surface area contributed by atoms with Crippen LogP contribution in [-0.2, 0) is 10.0 Å². The van der Waals surface area contributed by atoms with Crippen molar-refractivity contribution in [1.29, 1.82) is 0 Å². The van der Waals surface area contributed by atoms with Gasteiger partial charge in [0.15, 0.2) is 0 Å². The molecule has 1 aliphatic heterocycles. The second-order valence-corrected chi connectivity index (χ2v) is 7.11. The molecule has 2 heterocycles. The van der Waals surface area contributed by atoms with Gasteiger partial charge in [0.2, 0.25) is 10.0 Å². The third-order valence-electron chi connectivity index (χ3n) is 3.80. The zero-order valence-corrected chi connectivity index (χ0v) is 12.9. The second-order valence-electron chi connectivity index (χ2n) is 5.25. The number of hydrogen-bond acceptors (Lipinski definition) is 4. The molecule has 0 spiro atoms. The highest BCUT2D eigenvalue weighted by Gasteiger charge is 2.35. The van der Waals surface area contributed by atoms with Gasteiger partial charge in [-0.1, -0.05) is 12.1 Å². The summed E-state index contributed by atoms with van der Waals surface area (Å²) in [5.74, 6) is -0.375. The number of H-pyrrole nitrogens is 1. The van der Waals surface area contributed by atoms with E-state index in [1.54, 1.807) is 19.1 Å². The molecule has 0 amide bonds. The van der Waals surface area contributed by atoms with E-state index >= 15 is 0 Å². The van der Waals surface area contributed by atoms with Crippen molar-refractivity contribution >= 4 is 10.0 Å². The molecule has 8 heteroatoms. The van der Waals surface area contributed by atoms with E-state index in [1.807, 2.05) is 0 Å². The number of nitrogens with one attached hydrogen (secondary N) is 2. The smallest absolute Gasteiger partial charge is 0.247 e. The Labute approximate surface area is 128 Å². The standard InChI is InChI=1S/C14H17FN4O2S/c1-10-14(9-17-18-10)22(20,21)19-6-5-16-8-13(19)11-3-2-4-12(15)7-11/h2-4,7,9,13,16H,5-6,8H2,1H3,(H,17,18). The van der Waals surface area contributed by atoms with Crippen LogP contribution in [0.5, 0.6) is 0 Å². The van der Waals surface area contributed by atoms with Crippen LogP contribution in [-0.4, -0.2) is 42.6 Å². The number of nitrogens with zero attached hydrogens (tertiary/aromatic N) is 2. The quantitative estimate of drug-likeness (QED) is 0.889. The van der Waals surface area contributed by atoms with Crippen molar-refractivity contribution in [2.24, 2.45) is 0 Å². The second kappa shape index (κ2) is 5.79. The van der Waals surface area contributed by atoms with Crippen LogP contribution in [0.4, 0.5) is 4.39 Å². The molecule has 1 atom stereocenters. The lowest BCUT2D eigenvalue weighted by Crippen LogP contribution is -2.48. The van der Waals surface area contributed by atoms with Gasteiger partial charge in [-0.15, -0.1) is 0 Å². The van der Waals surface area contributed by atoms with Crippen LogP contribution in [0, 0.1) is 12.7 Å². The van der Waals surface area contributed by atoms with Gasteiger partial charge in [0.1, 0.15) is 10.7 Å². The van der Waals surface area contributed by atoms with E-state index in [0.29, 0.717) is 30.9 Å². The average molecular weight is 324 g/mol. The number of benzene rings is 1. The Morgan fingerprint density at radius 3 is 2.91 bits per heavy atom.